The third-order valence-corrected chi connectivity index (χ3v) is 3.96. The van der Waals surface area contributed by atoms with Crippen molar-refractivity contribution in [3.8, 4) is 11.5 Å². The minimum Gasteiger partial charge on any atom is -0.493 e. The molecule has 1 fully saturated rings. The predicted octanol–water partition coefficient (Wildman–Crippen LogP) is 2.70. The Bertz CT molecular complexity index is 429. The molecule has 0 spiro atoms. The van der Waals surface area contributed by atoms with Crippen LogP contribution in [-0.4, -0.2) is 38.8 Å². The van der Waals surface area contributed by atoms with Gasteiger partial charge in [0.15, 0.2) is 11.5 Å². The molecule has 2 rings (SSSR count). The van der Waals surface area contributed by atoms with Crippen LogP contribution in [0.25, 0.3) is 0 Å². The molecule has 1 heterocycles. The lowest BCUT2D eigenvalue weighted by molar-refractivity contribution is 0.226. The minimum absolute atomic E-state index is 0.632. The molecule has 1 aliphatic heterocycles. The van der Waals surface area contributed by atoms with Gasteiger partial charge in [-0.2, -0.15) is 0 Å². The lowest BCUT2D eigenvalue weighted by atomic mass is 10.1. The smallest absolute Gasteiger partial charge is 0.183 e. The second-order valence-corrected chi connectivity index (χ2v) is 5.43. The van der Waals surface area contributed by atoms with Crippen LogP contribution in [0.15, 0.2) is 12.1 Å². The molecule has 0 unspecified atom stereocenters. The lowest BCUT2D eigenvalue weighted by Crippen LogP contribution is -2.30. The molecule has 1 aromatic rings. The van der Waals surface area contributed by atoms with Gasteiger partial charge >= 0.3 is 0 Å². The Labute approximate surface area is 121 Å². The molecule has 112 valence electrons. The molecule has 0 amide bonds. The summed E-state index contributed by atoms with van der Waals surface area (Å²) in [4.78, 5) is 2.56. The highest BCUT2D eigenvalue weighted by Crippen LogP contribution is 2.34. The summed E-state index contributed by atoms with van der Waals surface area (Å²) in [5.74, 6) is 1.35. The standard InChI is InChI=1S/C16H26N2O2/c1-19-15-12-13(11-14(17)16(15)20-2)7-6-10-18-8-4-3-5-9-18/h11-12H,3-10,17H2,1-2H3. The van der Waals surface area contributed by atoms with Crippen molar-refractivity contribution in [2.75, 3.05) is 39.6 Å². The summed E-state index contributed by atoms with van der Waals surface area (Å²) in [6, 6.07) is 4.03. The Morgan fingerprint density at radius 1 is 1.10 bits per heavy atom. The van der Waals surface area contributed by atoms with E-state index in [1.165, 1.54) is 44.5 Å². The largest absolute Gasteiger partial charge is 0.493 e. The third-order valence-electron chi connectivity index (χ3n) is 3.96. The second-order valence-electron chi connectivity index (χ2n) is 5.43. The highest BCUT2D eigenvalue weighted by molar-refractivity contribution is 5.62. The maximum Gasteiger partial charge on any atom is 0.183 e. The van der Waals surface area contributed by atoms with E-state index in [-0.39, 0.29) is 0 Å². The van der Waals surface area contributed by atoms with Gasteiger partial charge in [-0.15, -0.1) is 0 Å². The van der Waals surface area contributed by atoms with Gasteiger partial charge in [-0.05, 0) is 63.0 Å². The summed E-state index contributed by atoms with van der Waals surface area (Å²) in [6.45, 7) is 3.69. The number of methoxy groups -OCH3 is 2. The molecule has 20 heavy (non-hydrogen) atoms. The number of benzene rings is 1. The summed E-state index contributed by atoms with van der Waals surface area (Å²) in [5.41, 5.74) is 7.88. The van der Waals surface area contributed by atoms with Gasteiger partial charge in [-0.1, -0.05) is 6.42 Å². The maximum absolute atomic E-state index is 6.01. The Kier molecular flexibility index (Phi) is 5.53. The summed E-state index contributed by atoms with van der Waals surface area (Å²) in [5, 5.41) is 0. The van der Waals surface area contributed by atoms with Crippen molar-refractivity contribution < 1.29 is 9.47 Å². The summed E-state index contributed by atoms with van der Waals surface area (Å²) < 4.78 is 10.6. The van der Waals surface area contributed by atoms with Crippen LogP contribution in [0.3, 0.4) is 0 Å². The quantitative estimate of drug-likeness (QED) is 0.813. The second kappa shape index (κ2) is 7.39. The fraction of sp³-hybridized carbons (Fsp3) is 0.625. The Morgan fingerprint density at radius 3 is 2.50 bits per heavy atom. The van der Waals surface area contributed by atoms with Crippen molar-refractivity contribution in [1.82, 2.24) is 4.90 Å². The van der Waals surface area contributed by atoms with Crippen LogP contribution in [0.1, 0.15) is 31.2 Å². The molecular formula is C16H26N2O2. The Hall–Kier alpha value is -1.42. The van der Waals surface area contributed by atoms with Crippen molar-refractivity contribution in [2.24, 2.45) is 0 Å². The van der Waals surface area contributed by atoms with Gasteiger partial charge in [-0.3, -0.25) is 0 Å². The van der Waals surface area contributed by atoms with Crippen molar-refractivity contribution >= 4 is 5.69 Å². The number of piperidine rings is 1. The topological polar surface area (TPSA) is 47.7 Å². The van der Waals surface area contributed by atoms with E-state index in [2.05, 4.69) is 4.90 Å². The van der Waals surface area contributed by atoms with E-state index >= 15 is 0 Å². The summed E-state index contributed by atoms with van der Waals surface area (Å²) >= 11 is 0. The highest BCUT2D eigenvalue weighted by Gasteiger charge is 2.12. The van der Waals surface area contributed by atoms with Gasteiger partial charge in [0.1, 0.15) is 0 Å². The number of nitrogens with zero attached hydrogens (tertiary/aromatic N) is 1. The molecule has 0 aliphatic carbocycles. The molecule has 1 saturated heterocycles. The van der Waals surface area contributed by atoms with Crippen molar-refractivity contribution in [2.45, 2.75) is 32.1 Å². The van der Waals surface area contributed by atoms with E-state index in [1.807, 2.05) is 12.1 Å². The number of rotatable bonds is 6. The number of hydrogen-bond acceptors (Lipinski definition) is 4. The Morgan fingerprint density at radius 2 is 1.85 bits per heavy atom. The number of hydrogen-bond donors (Lipinski definition) is 1. The van der Waals surface area contributed by atoms with Crippen LogP contribution in [0.5, 0.6) is 11.5 Å². The molecule has 2 N–H and O–H groups in total. The van der Waals surface area contributed by atoms with Crippen molar-refractivity contribution in [1.29, 1.82) is 0 Å². The lowest BCUT2D eigenvalue weighted by Gasteiger charge is -2.26. The number of nitrogen functional groups attached to an aromatic ring is 1. The molecule has 0 aromatic heterocycles. The van der Waals surface area contributed by atoms with Gasteiger partial charge in [0.05, 0.1) is 19.9 Å². The Balaban J connectivity index is 1.90. The average molecular weight is 278 g/mol. The van der Waals surface area contributed by atoms with E-state index < -0.39 is 0 Å². The first-order valence-electron chi connectivity index (χ1n) is 7.47. The van der Waals surface area contributed by atoms with Crippen molar-refractivity contribution in [3.63, 3.8) is 0 Å². The van der Waals surface area contributed by atoms with Crippen LogP contribution in [0.4, 0.5) is 5.69 Å². The molecule has 1 aromatic carbocycles. The minimum atomic E-state index is 0.632. The normalized spacial score (nSPS) is 16.1. The fourth-order valence-electron chi connectivity index (χ4n) is 2.89. The zero-order chi connectivity index (χ0) is 14.4. The van der Waals surface area contributed by atoms with Gasteiger partial charge in [-0.25, -0.2) is 0 Å². The summed E-state index contributed by atoms with van der Waals surface area (Å²) in [6.07, 6.45) is 6.28. The van der Waals surface area contributed by atoms with Gasteiger partial charge in [0, 0.05) is 0 Å². The first kappa shape index (κ1) is 15.0. The van der Waals surface area contributed by atoms with Crippen LogP contribution in [0, 0.1) is 0 Å². The maximum atomic E-state index is 6.01. The zero-order valence-electron chi connectivity index (χ0n) is 12.7. The first-order chi connectivity index (χ1) is 9.74. The zero-order valence-corrected chi connectivity index (χ0v) is 12.7. The average Bonchev–Trinajstić information content (AvgIpc) is 2.47. The number of likely N-dealkylation sites (tertiary alicyclic amines) is 1. The molecular weight excluding hydrogens is 252 g/mol. The number of aryl methyl sites for hydroxylation is 1. The van der Waals surface area contributed by atoms with Crippen LogP contribution >= 0.6 is 0 Å². The highest BCUT2D eigenvalue weighted by atomic mass is 16.5. The molecule has 4 heteroatoms. The molecule has 4 nitrogen and oxygen atoms in total. The van der Waals surface area contributed by atoms with Gasteiger partial charge in [0.2, 0.25) is 0 Å². The van der Waals surface area contributed by atoms with E-state index in [4.69, 9.17) is 15.2 Å². The number of ether oxygens (including phenoxy) is 2. The monoisotopic (exact) mass is 278 g/mol. The SMILES string of the molecule is COc1cc(CCCN2CCCCC2)cc(N)c1OC. The first-order valence-corrected chi connectivity index (χ1v) is 7.47. The van der Waals surface area contributed by atoms with Gasteiger partial charge < -0.3 is 20.1 Å². The molecule has 0 saturated carbocycles. The van der Waals surface area contributed by atoms with E-state index in [0.29, 0.717) is 11.4 Å². The number of anilines is 1. The molecule has 0 radical (unpaired) electrons. The summed E-state index contributed by atoms with van der Waals surface area (Å²) in [7, 11) is 3.26. The van der Waals surface area contributed by atoms with Crippen molar-refractivity contribution in [3.05, 3.63) is 17.7 Å². The molecule has 0 bridgehead atoms. The van der Waals surface area contributed by atoms with E-state index in [0.717, 1.165) is 18.6 Å². The van der Waals surface area contributed by atoms with Crippen LogP contribution in [0.2, 0.25) is 0 Å². The molecule has 1 aliphatic rings. The predicted molar refractivity (Wildman–Crippen MR) is 82.6 cm³/mol. The van der Waals surface area contributed by atoms with Crippen LogP contribution < -0.4 is 15.2 Å². The van der Waals surface area contributed by atoms with Gasteiger partial charge in [0.25, 0.3) is 0 Å². The van der Waals surface area contributed by atoms with E-state index in [9.17, 15) is 0 Å². The third kappa shape index (κ3) is 3.79. The molecule has 0 atom stereocenters. The number of nitrogens with two attached hydrogens (primary N) is 1. The fourth-order valence-corrected chi connectivity index (χ4v) is 2.89. The van der Waals surface area contributed by atoms with E-state index in [1.54, 1.807) is 14.2 Å². The van der Waals surface area contributed by atoms with Crippen LogP contribution in [-0.2, 0) is 6.42 Å².